The van der Waals surface area contributed by atoms with Crippen molar-refractivity contribution >= 4 is 17.4 Å². The summed E-state index contributed by atoms with van der Waals surface area (Å²) in [6, 6.07) is 3.68. The minimum atomic E-state index is 0.287. The van der Waals surface area contributed by atoms with E-state index in [-0.39, 0.29) is 6.61 Å². The molecule has 4 nitrogen and oxygen atoms in total. The highest BCUT2D eigenvalue weighted by Crippen LogP contribution is 2.28. The van der Waals surface area contributed by atoms with E-state index in [4.69, 9.17) is 16.7 Å². The largest absolute Gasteiger partial charge is 0.396 e. The Kier molecular flexibility index (Phi) is 4.18. The molecule has 1 aliphatic heterocycles. The molecule has 1 saturated heterocycles. The molecule has 0 amide bonds. The Balaban J connectivity index is 1.99. The van der Waals surface area contributed by atoms with Crippen molar-refractivity contribution in [2.75, 3.05) is 24.6 Å². The molecule has 1 aromatic heterocycles. The molecule has 2 heterocycles. The van der Waals surface area contributed by atoms with Gasteiger partial charge in [-0.1, -0.05) is 18.5 Å². The van der Waals surface area contributed by atoms with E-state index in [1.54, 1.807) is 6.07 Å². The van der Waals surface area contributed by atoms with Crippen LogP contribution in [0.2, 0.25) is 5.15 Å². The van der Waals surface area contributed by atoms with Crippen LogP contribution in [0, 0.1) is 11.8 Å². The van der Waals surface area contributed by atoms with Crippen molar-refractivity contribution in [2.24, 2.45) is 11.8 Å². The Morgan fingerprint density at radius 2 is 2.29 bits per heavy atom. The topological polar surface area (TPSA) is 49.2 Å². The third kappa shape index (κ3) is 3.07. The predicted molar refractivity (Wildman–Crippen MR) is 68.2 cm³/mol. The zero-order chi connectivity index (χ0) is 12.3. The smallest absolute Gasteiger partial charge is 0.151 e. The van der Waals surface area contributed by atoms with Crippen molar-refractivity contribution in [2.45, 2.75) is 19.8 Å². The summed E-state index contributed by atoms with van der Waals surface area (Å²) in [5.74, 6) is 2.09. The molecule has 1 fully saturated rings. The van der Waals surface area contributed by atoms with Crippen LogP contribution in [-0.2, 0) is 0 Å². The van der Waals surface area contributed by atoms with Gasteiger partial charge in [0.15, 0.2) is 11.0 Å². The maximum Gasteiger partial charge on any atom is 0.151 e. The number of halogens is 1. The molecule has 94 valence electrons. The molecule has 0 saturated carbocycles. The van der Waals surface area contributed by atoms with Gasteiger partial charge >= 0.3 is 0 Å². The van der Waals surface area contributed by atoms with Crippen LogP contribution >= 0.6 is 11.6 Å². The number of aliphatic hydroxyl groups is 1. The first-order chi connectivity index (χ1) is 8.20. The standard InChI is InChI=1S/C12H18ClN3O/c1-9-8-16(6-4-10(9)5-7-17)12-3-2-11(13)14-15-12/h2-3,9-10,17H,4-8H2,1H3/t9-,10+/m0/s1. The number of hydrogen-bond donors (Lipinski definition) is 1. The minimum absolute atomic E-state index is 0.287. The summed E-state index contributed by atoms with van der Waals surface area (Å²) in [6.45, 7) is 4.47. The van der Waals surface area contributed by atoms with Gasteiger partial charge in [0.2, 0.25) is 0 Å². The fraction of sp³-hybridized carbons (Fsp3) is 0.667. The number of rotatable bonds is 3. The van der Waals surface area contributed by atoms with Crippen LogP contribution in [0.4, 0.5) is 5.82 Å². The maximum absolute atomic E-state index is 9.00. The van der Waals surface area contributed by atoms with Crippen molar-refractivity contribution in [3.05, 3.63) is 17.3 Å². The van der Waals surface area contributed by atoms with Gasteiger partial charge in [-0.3, -0.25) is 0 Å². The molecule has 1 aliphatic rings. The molecule has 0 aliphatic carbocycles. The zero-order valence-electron chi connectivity index (χ0n) is 10.0. The van der Waals surface area contributed by atoms with Crippen molar-refractivity contribution in [1.29, 1.82) is 0 Å². The van der Waals surface area contributed by atoms with E-state index in [2.05, 4.69) is 22.0 Å². The highest BCUT2D eigenvalue weighted by atomic mass is 35.5. The Morgan fingerprint density at radius 1 is 1.47 bits per heavy atom. The van der Waals surface area contributed by atoms with Gasteiger partial charge in [-0.25, -0.2) is 0 Å². The number of aliphatic hydroxyl groups excluding tert-OH is 1. The molecule has 1 aromatic rings. The summed E-state index contributed by atoms with van der Waals surface area (Å²) < 4.78 is 0. The average molecular weight is 256 g/mol. The van der Waals surface area contributed by atoms with Gasteiger partial charge in [-0.05, 0) is 36.8 Å². The first-order valence-electron chi connectivity index (χ1n) is 6.05. The van der Waals surface area contributed by atoms with E-state index in [1.807, 2.05) is 6.07 Å². The molecule has 0 spiro atoms. The number of aromatic nitrogens is 2. The van der Waals surface area contributed by atoms with E-state index in [9.17, 15) is 0 Å². The van der Waals surface area contributed by atoms with Gasteiger partial charge in [0.1, 0.15) is 0 Å². The van der Waals surface area contributed by atoms with Crippen molar-refractivity contribution in [3.63, 3.8) is 0 Å². The molecule has 5 heteroatoms. The Labute approximate surface area is 107 Å². The molecule has 0 unspecified atom stereocenters. The summed E-state index contributed by atoms with van der Waals surface area (Å²) in [4.78, 5) is 2.24. The fourth-order valence-corrected chi connectivity index (χ4v) is 2.58. The number of piperidine rings is 1. The van der Waals surface area contributed by atoms with Crippen LogP contribution in [0.1, 0.15) is 19.8 Å². The van der Waals surface area contributed by atoms with Crippen LogP contribution < -0.4 is 4.90 Å². The monoisotopic (exact) mass is 255 g/mol. The second kappa shape index (κ2) is 5.65. The maximum atomic E-state index is 9.00. The van der Waals surface area contributed by atoms with E-state index in [0.29, 0.717) is 17.0 Å². The molecule has 0 radical (unpaired) electrons. The first kappa shape index (κ1) is 12.6. The lowest BCUT2D eigenvalue weighted by Gasteiger charge is -2.37. The van der Waals surface area contributed by atoms with Crippen LogP contribution in [0.25, 0.3) is 0 Å². The quantitative estimate of drug-likeness (QED) is 0.897. The Bertz CT molecular complexity index is 357. The molecule has 17 heavy (non-hydrogen) atoms. The molecule has 2 rings (SSSR count). The van der Waals surface area contributed by atoms with Crippen molar-refractivity contribution < 1.29 is 5.11 Å². The third-order valence-corrected chi connectivity index (χ3v) is 3.73. The van der Waals surface area contributed by atoms with Crippen LogP contribution in [0.3, 0.4) is 0 Å². The van der Waals surface area contributed by atoms with E-state index >= 15 is 0 Å². The summed E-state index contributed by atoms with van der Waals surface area (Å²) in [6.07, 6.45) is 2.01. The summed E-state index contributed by atoms with van der Waals surface area (Å²) in [5, 5.41) is 17.4. The lowest BCUT2D eigenvalue weighted by atomic mass is 9.85. The highest BCUT2D eigenvalue weighted by Gasteiger charge is 2.26. The fourth-order valence-electron chi connectivity index (χ4n) is 2.47. The lowest BCUT2D eigenvalue weighted by molar-refractivity contribution is 0.205. The number of nitrogens with zero attached hydrogens (tertiary/aromatic N) is 3. The molecule has 0 aromatic carbocycles. The molecule has 2 atom stereocenters. The molecular formula is C12H18ClN3O. The summed E-state index contributed by atoms with van der Waals surface area (Å²) >= 11 is 5.72. The van der Waals surface area contributed by atoms with Crippen LogP contribution in [0.15, 0.2) is 12.1 Å². The van der Waals surface area contributed by atoms with Crippen molar-refractivity contribution in [3.8, 4) is 0 Å². The van der Waals surface area contributed by atoms with Gasteiger partial charge in [-0.2, -0.15) is 0 Å². The molecule has 0 bridgehead atoms. The second-order valence-corrected chi connectivity index (χ2v) is 5.09. The summed E-state index contributed by atoms with van der Waals surface area (Å²) in [5.41, 5.74) is 0. The first-order valence-corrected chi connectivity index (χ1v) is 6.43. The second-order valence-electron chi connectivity index (χ2n) is 4.70. The van der Waals surface area contributed by atoms with Gasteiger partial charge in [0.25, 0.3) is 0 Å². The average Bonchev–Trinajstić information content (AvgIpc) is 2.33. The SMILES string of the molecule is C[C@H]1CN(c2ccc(Cl)nn2)CC[C@@H]1CCO. The predicted octanol–water partition coefficient (Wildman–Crippen LogP) is 1.97. The zero-order valence-corrected chi connectivity index (χ0v) is 10.8. The molecule has 1 N–H and O–H groups in total. The summed E-state index contributed by atoms with van der Waals surface area (Å²) in [7, 11) is 0. The van der Waals surface area contributed by atoms with Gasteiger partial charge in [0.05, 0.1) is 0 Å². The minimum Gasteiger partial charge on any atom is -0.396 e. The van der Waals surface area contributed by atoms with Crippen LogP contribution in [0.5, 0.6) is 0 Å². The number of hydrogen-bond acceptors (Lipinski definition) is 4. The molecular weight excluding hydrogens is 238 g/mol. The lowest BCUT2D eigenvalue weighted by Crippen LogP contribution is -2.40. The van der Waals surface area contributed by atoms with E-state index in [0.717, 1.165) is 31.7 Å². The van der Waals surface area contributed by atoms with Crippen LogP contribution in [-0.4, -0.2) is 35.0 Å². The Morgan fingerprint density at radius 3 is 2.88 bits per heavy atom. The van der Waals surface area contributed by atoms with E-state index in [1.165, 1.54) is 0 Å². The van der Waals surface area contributed by atoms with Gasteiger partial charge < -0.3 is 10.0 Å². The van der Waals surface area contributed by atoms with E-state index < -0.39 is 0 Å². The number of anilines is 1. The van der Waals surface area contributed by atoms with Gasteiger partial charge in [-0.15, -0.1) is 10.2 Å². The highest BCUT2D eigenvalue weighted by molar-refractivity contribution is 6.29. The van der Waals surface area contributed by atoms with Gasteiger partial charge in [0, 0.05) is 19.7 Å². The third-order valence-electron chi connectivity index (χ3n) is 3.52. The van der Waals surface area contributed by atoms with Crippen molar-refractivity contribution in [1.82, 2.24) is 10.2 Å². The normalized spacial score (nSPS) is 25.0. The Hall–Kier alpha value is -0.870.